The Balaban J connectivity index is 2.17. The molecule has 3 atom stereocenters. The number of ether oxygens (including phenoxy) is 1. The number of rotatable bonds is 3. The van der Waals surface area contributed by atoms with E-state index in [1.807, 2.05) is 0 Å². The lowest BCUT2D eigenvalue weighted by Gasteiger charge is -2.16. The Labute approximate surface area is 113 Å². The Bertz CT molecular complexity index is 624. The van der Waals surface area contributed by atoms with Gasteiger partial charge in [0, 0.05) is 18.4 Å². The maximum absolute atomic E-state index is 11.6. The molecule has 110 valence electrons. The van der Waals surface area contributed by atoms with Crippen LogP contribution in [0.3, 0.4) is 0 Å². The van der Waals surface area contributed by atoms with Crippen molar-refractivity contribution in [1.82, 2.24) is 9.55 Å². The van der Waals surface area contributed by atoms with E-state index in [1.54, 1.807) is 0 Å². The molecule has 1 fully saturated rings. The van der Waals surface area contributed by atoms with Crippen molar-refractivity contribution in [2.24, 2.45) is 0 Å². The quantitative estimate of drug-likeness (QED) is 0.528. The maximum atomic E-state index is 11.6. The van der Waals surface area contributed by atoms with Crippen LogP contribution in [0.25, 0.3) is 0 Å². The molecule has 9 nitrogen and oxygen atoms in total. The van der Waals surface area contributed by atoms with Crippen molar-refractivity contribution in [2.45, 2.75) is 24.9 Å². The highest BCUT2D eigenvalue weighted by atomic mass is 31.2. The molecule has 1 aliphatic rings. The van der Waals surface area contributed by atoms with E-state index in [1.165, 1.54) is 18.3 Å². The van der Waals surface area contributed by atoms with Gasteiger partial charge in [0.2, 0.25) is 0 Å². The molecule has 1 aliphatic heterocycles. The zero-order valence-electron chi connectivity index (χ0n) is 10.2. The number of nitrogen functional groups attached to an aromatic ring is 1. The molecule has 0 aliphatic carbocycles. The summed E-state index contributed by atoms with van der Waals surface area (Å²) in [5.41, 5.74) is 4.69. The highest BCUT2D eigenvalue weighted by Gasteiger charge is 2.34. The van der Waals surface area contributed by atoms with Crippen LogP contribution in [0.2, 0.25) is 0 Å². The predicted molar refractivity (Wildman–Crippen MR) is 68.6 cm³/mol. The largest absolute Gasteiger partial charge is 0.388 e. The number of nitrogens with two attached hydrogens (primary N) is 1. The fraction of sp³-hybridized carbons (Fsp3) is 0.400. The highest BCUT2D eigenvalue weighted by molar-refractivity contribution is 7.55. The van der Waals surface area contributed by atoms with Crippen molar-refractivity contribution in [3.05, 3.63) is 34.6 Å². The molecule has 2 heterocycles. The number of aromatic nitrogens is 2. The Morgan fingerprint density at radius 2 is 2.25 bits per heavy atom. The molecule has 10 heteroatoms. The van der Waals surface area contributed by atoms with Gasteiger partial charge >= 0.3 is 13.3 Å². The van der Waals surface area contributed by atoms with E-state index in [2.05, 4.69) is 4.98 Å². The second kappa shape index (κ2) is 5.47. The summed E-state index contributed by atoms with van der Waals surface area (Å²) in [4.78, 5) is 32.6. The molecule has 1 saturated heterocycles. The minimum Gasteiger partial charge on any atom is -0.388 e. The minimum absolute atomic E-state index is 0.0525. The first-order valence-corrected chi connectivity index (χ1v) is 7.37. The summed E-state index contributed by atoms with van der Waals surface area (Å²) in [7, 11) is -4.29. The van der Waals surface area contributed by atoms with E-state index >= 15 is 0 Å². The summed E-state index contributed by atoms with van der Waals surface area (Å²) in [6.45, 7) is 0. The molecular weight excluding hydrogens is 289 g/mol. The lowest BCUT2D eigenvalue weighted by atomic mass is 10.2. The van der Waals surface area contributed by atoms with Gasteiger partial charge < -0.3 is 25.4 Å². The molecular formula is C10H14N3O6P. The molecule has 0 unspecified atom stereocenters. The maximum Gasteiger partial charge on any atom is 0.351 e. The summed E-state index contributed by atoms with van der Waals surface area (Å²) in [6.07, 6.45) is -0.0515. The molecule has 2 rings (SSSR count). The zero-order valence-corrected chi connectivity index (χ0v) is 11.1. The van der Waals surface area contributed by atoms with Crippen LogP contribution in [0.4, 0.5) is 5.82 Å². The van der Waals surface area contributed by atoms with Crippen molar-refractivity contribution in [3.63, 3.8) is 0 Å². The summed E-state index contributed by atoms with van der Waals surface area (Å²) in [5, 5.41) is 9.86. The summed E-state index contributed by atoms with van der Waals surface area (Å²) < 4.78 is 17.2. The van der Waals surface area contributed by atoms with Gasteiger partial charge in [-0.05, 0) is 12.1 Å². The van der Waals surface area contributed by atoms with Crippen LogP contribution in [0.1, 0.15) is 12.6 Å². The van der Waals surface area contributed by atoms with Gasteiger partial charge in [0.25, 0.3) is 0 Å². The first kappa shape index (κ1) is 14.9. The summed E-state index contributed by atoms with van der Waals surface area (Å²) in [5.74, 6) is 0.758. The van der Waals surface area contributed by atoms with E-state index in [-0.39, 0.29) is 12.2 Å². The molecule has 0 saturated carbocycles. The van der Waals surface area contributed by atoms with Gasteiger partial charge in [-0.3, -0.25) is 9.13 Å². The molecule has 0 radical (unpaired) electrons. The zero-order chi connectivity index (χ0) is 14.9. The standard InChI is InChI=1S/C10H14N3O6P/c11-8-1-3-13(10(15)12-8)9-7(14)5-6(19-9)2-4-20(16,17)18/h1-4,6-7,9,14H,5H2,(H2,11,12,15)(H2,16,17,18)/t6-,7-,9-/m1/s1. The normalized spacial score (nSPS) is 27.2. The molecule has 1 aromatic heterocycles. The van der Waals surface area contributed by atoms with Crippen LogP contribution >= 0.6 is 7.60 Å². The van der Waals surface area contributed by atoms with E-state index < -0.39 is 31.7 Å². The Hall–Kier alpha value is -1.51. The third-order valence-electron chi connectivity index (χ3n) is 2.74. The second-order valence-electron chi connectivity index (χ2n) is 4.34. The number of hydrogen-bond donors (Lipinski definition) is 4. The van der Waals surface area contributed by atoms with Crippen LogP contribution < -0.4 is 11.4 Å². The Kier molecular flexibility index (Phi) is 4.07. The third kappa shape index (κ3) is 3.53. The second-order valence-corrected chi connectivity index (χ2v) is 5.82. The van der Waals surface area contributed by atoms with Crippen LogP contribution in [0.5, 0.6) is 0 Å². The highest BCUT2D eigenvalue weighted by Crippen LogP contribution is 2.38. The van der Waals surface area contributed by atoms with Crippen LogP contribution in [0, 0.1) is 0 Å². The lowest BCUT2D eigenvalue weighted by molar-refractivity contribution is -0.0279. The number of aliphatic hydroxyl groups excluding tert-OH is 1. The summed E-state index contributed by atoms with van der Waals surface area (Å²) >= 11 is 0. The smallest absolute Gasteiger partial charge is 0.351 e. The van der Waals surface area contributed by atoms with Crippen molar-refractivity contribution >= 4 is 13.4 Å². The predicted octanol–water partition coefficient (Wildman–Crippen LogP) is -0.835. The first-order chi connectivity index (χ1) is 9.26. The monoisotopic (exact) mass is 303 g/mol. The van der Waals surface area contributed by atoms with Gasteiger partial charge in [0.1, 0.15) is 11.9 Å². The fourth-order valence-corrected chi connectivity index (χ4v) is 2.30. The van der Waals surface area contributed by atoms with E-state index in [4.69, 9.17) is 20.3 Å². The number of anilines is 1. The van der Waals surface area contributed by atoms with Crippen molar-refractivity contribution < 1.29 is 24.2 Å². The van der Waals surface area contributed by atoms with Crippen molar-refractivity contribution in [1.29, 1.82) is 0 Å². The average molecular weight is 303 g/mol. The van der Waals surface area contributed by atoms with E-state index in [0.29, 0.717) is 5.82 Å². The SMILES string of the molecule is Nc1ccn([C@@H]2O[C@H](C=CP(=O)(O)O)C[C@H]2O)c(=O)n1. The van der Waals surface area contributed by atoms with E-state index in [0.717, 1.165) is 4.57 Å². The topological polar surface area (TPSA) is 148 Å². The molecule has 5 N–H and O–H groups in total. The number of aliphatic hydroxyl groups is 1. The van der Waals surface area contributed by atoms with Crippen molar-refractivity contribution in [2.75, 3.05) is 5.73 Å². The average Bonchev–Trinajstić information content (AvgIpc) is 2.67. The summed E-state index contributed by atoms with van der Waals surface area (Å²) in [6, 6.07) is 1.39. The van der Waals surface area contributed by atoms with Crippen LogP contribution in [-0.4, -0.2) is 36.7 Å². The number of nitrogens with zero attached hydrogens (tertiary/aromatic N) is 2. The lowest BCUT2D eigenvalue weighted by Crippen LogP contribution is -2.31. The van der Waals surface area contributed by atoms with Gasteiger partial charge in [-0.1, -0.05) is 0 Å². The minimum atomic E-state index is -4.29. The Morgan fingerprint density at radius 1 is 1.55 bits per heavy atom. The molecule has 20 heavy (non-hydrogen) atoms. The number of hydrogen-bond acceptors (Lipinski definition) is 6. The fourth-order valence-electron chi connectivity index (χ4n) is 1.88. The van der Waals surface area contributed by atoms with Crippen LogP contribution in [-0.2, 0) is 9.30 Å². The van der Waals surface area contributed by atoms with Gasteiger partial charge in [0.15, 0.2) is 6.23 Å². The third-order valence-corrected chi connectivity index (χ3v) is 3.30. The van der Waals surface area contributed by atoms with E-state index in [9.17, 15) is 14.5 Å². The molecule has 0 aromatic carbocycles. The first-order valence-electron chi connectivity index (χ1n) is 5.69. The van der Waals surface area contributed by atoms with Gasteiger partial charge in [-0.25, -0.2) is 4.79 Å². The molecule has 0 bridgehead atoms. The van der Waals surface area contributed by atoms with Crippen LogP contribution in [0.15, 0.2) is 29.0 Å². The Morgan fingerprint density at radius 3 is 2.85 bits per heavy atom. The molecule has 0 amide bonds. The molecule has 1 aromatic rings. The van der Waals surface area contributed by atoms with Gasteiger partial charge in [-0.2, -0.15) is 4.98 Å². The van der Waals surface area contributed by atoms with Gasteiger partial charge in [-0.15, -0.1) is 0 Å². The van der Waals surface area contributed by atoms with Crippen molar-refractivity contribution in [3.8, 4) is 0 Å². The molecule has 0 spiro atoms. The van der Waals surface area contributed by atoms with Gasteiger partial charge in [0.05, 0.1) is 6.10 Å².